The molecule has 3 rings (SSSR count). The lowest BCUT2D eigenvalue weighted by Gasteiger charge is -2.34. The first-order chi connectivity index (χ1) is 13.0. The van der Waals surface area contributed by atoms with Gasteiger partial charge in [0.2, 0.25) is 10.0 Å². The summed E-state index contributed by atoms with van der Waals surface area (Å²) in [5.74, 6) is 0.0760. The van der Waals surface area contributed by atoms with Crippen molar-refractivity contribution >= 4 is 27.3 Å². The van der Waals surface area contributed by atoms with Crippen molar-refractivity contribution in [3.8, 4) is 0 Å². The smallest absolute Gasteiger partial charge is 0.254 e. The number of thiophene rings is 1. The highest BCUT2D eigenvalue weighted by Gasteiger charge is 2.22. The van der Waals surface area contributed by atoms with E-state index in [1.165, 1.54) is 11.3 Å². The average molecular weight is 408 g/mol. The van der Waals surface area contributed by atoms with E-state index < -0.39 is 10.0 Å². The molecule has 1 aromatic carbocycles. The molecule has 0 aliphatic carbocycles. The number of piperazine rings is 1. The minimum atomic E-state index is -3.48. The Balaban J connectivity index is 1.44. The van der Waals surface area contributed by atoms with Crippen LogP contribution in [0.1, 0.15) is 22.8 Å². The first-order valence-electron chi connectivity index (χ1n) is 9.12. The van der Waals surface area contributed by atoms with Crippen molar-refractivity contribution in [3.05, 3.63) is 52.2 Å². The Morgan fingerprint density at radius 1 is 1.11 bits per heavy atom. The number of benzene rings is 1. The Hall–Kier alpha value is -1.74. The van der Waals surface area contributed by atoms with Crippen molar-refractivity contribution < 1.29 is 13.2 Å². The molecule has 1 aliphatic rings. The zero-order valence-corrected chi connectivity index (χ0v) is 17.1. The molecule has 2 aromatic rings. The molecule has 1 amide bonds. The van der Waals surface area contributed by atoms with E-state index in [1.807, 2.05) is 40.8 Å². The summed E-state index contributed by atoms with van der Waals surface area (Å²) in [6, 6.07) is 8.84. The van der Waals surface area contributed by atoms with E-state index in [1.54, 1.807) is 12.1 Å². The summed E-state index contributed by atoms with van der Waals surface area (Å²) in [5, 5.41) is 3.78. The minimum absolute atomic E-state index is 0.0760. The van der Waals surface area contributed by atoms with Crippen molar-refractivity contribution in [1.29, 1.82) is 0 Å². The van der Waals surface area contributed by atoms with Crippen molar-refractivity contribution in [1.82, 2.24) is 14.5 Å². The van der Waals surface area contributed by atoms with Crippen LogP contribution in [-0.2, 0) is 16.4 Å². The Morgan fingerprint density at radius 3 is 2.41 bits per heavy atom. The highest BCUT2D eigenvalue weighted by molar-refractivity contribution is 7.89. The number of sulfonamides is 1. The van der Waals surface area contributed by atoms with Gasteiger partial charge in [-0.1, -0.05) is 19.1 Å². The number of carbonyl (C=O) groups excluding carboxylic acids is 1. The first-order valence-corrected chi connectivity index (χ1v) is 11.5. The quantitative estimate of drug-likeness (QED) is 0.763. The van der Waals surface area contributed by atoms with Gasteiger partial charge in [0.15, 0.2) is 0 Å². The summed E-state index contributed by atoms with van der Waals surface area (Å²) < 4.78 is 27.4. The second-order valence-corrected chi connectivity index (χ2v) is 9.09. The van der Waals surface area contributed by atoms with E-state index in [9.17, 15) is 13.2 Å². The van der Waals surface area contributed by atoms with Gasteiger partial charge in [0, 0.05) is 44.6 Å². The molecule has 1 saturated heterocycles. The van der Waals surface area contributed by atoms with Crippen LogP contribution in [0.15, 0.2) is 46.0 Å². The van der Waals surface area contributed by atoms with E-state index in [0.717, 1.165) is 30.6 Å². The molecule has 146 valence electrons. The van der Waals surface area contributed by atoms with Crippen molar-refractivity contribution in [2.45, 2.75) is 18.2 Å². The van der Waals surface area contributed by atoms with Crippen LogP contribution < -0.4 is 4.72 Å². The number of nitrogens with one attached hydrogen (secondary N) is 1. The second kappa shape index (κ2) is 8.97. The monoisotopic (exact) mass is 407 g/mol. The van der Waals surface area contributed by atoms with Crippen LogP contribution in [-0.4, -0.2) is 63.4 Å². The third kappa shape index (κ3) is 5.16. The molecule has 8 heteroatoms. The number of amides is 1. The molecular weight excluding hydrogens is 382 g/mol. The van der Waals surface area contributed by atoms with Crippen LogP contribution in [0.3, 0.4) is 0 Å². The van der Waals surface area contributed by atoms with Gasteiger partial charge in [-0.2, -0.15) is 11.3 Å². The number of rotatable bonds is 7. The zero-order valence-electron chi connectivity index (χ0n) is 15.4. The summed E-state index contributed by atoms with van der Waals surface area (Å²) in [7, 11) is -3.48. The van der Waals surface area contributed by atoms with Gasteiger partial charge >= 0.3 is 0 Å². The highest BCUT2D eigenvalue weighted by atomic mass is 32.2. The Bertz CT molecular complexity index is 841. The van der Waals surface area contributed by atoms with E-state index in [2.05, 4.69) is 9.62 Å². The van der Waals surface area contributed by atoms with E-state index in [-0.39, 0.29) is 5.91 Å². The largest absolute Gasteiger partial charge is 0.336 e. The minimum Gasteiger partial charge on any atom is -0.336 e. The first kappa shape index (κ1) is 20.0. The average Bonchev–Trinajstić information content (AvgIpc) is 3.23. The SMILES string of the molecule is CCc1ccc(S(=O)(=O)NCCN2CCN(C(=O)c3ccsc3)CC2)cc1. The Kier molecular flexibility index (Phi) is 6.64. The number of carbonyl (C=O) groups is 1. The molecular formula is C19H25N3O3S2. The van der Waals surface area contributed by atoms with E-state index >= 15 is 0 Å². The molecule has 6 nitrogen and oxygen atoms in total. The van der Waals surface area contributed by atoms with Crippen molar-refractivity contribution in [2.75, 3.05) is 39.3 Å². The summed E-state index contributed by atoms with van der Waals surface area (Å²) in [6.07, 6.45) is 0.884. The number of nitrogens with zero attached hydrogens (tertiary/aromatic N) is 2. The van der Waals surface area contributed by atoms with Crippen LogP contribution in [0.25, 0.3) is 0 Å². The van der Waals surface area contributed by atoms with Crippen LogP contribution in [0.2, 0.25) is 0 Å². The summed E-state index contributed by atoms with van der Waals surface area (Å²) in [5.41, 5.74) is 1.86. The van der Waals surface area contributed by atoms with Crippen LogP contribution in [0.5, 0.6) is 0 Å². The standard InChI is InChI=1S/C19H25N3O3S2/c1-2-16-3-5-18(6-4-16)27(24,25)20-8-9-21-10-12-22(13-11-21)19(23)17-7-14-26-15-17/h3-7,14-15,20H,2,8-13H2,1H3. The Labute approximate surface area is 164 Å². The van der Waals surface area contributed by atoms with Crippen LogP contribution >= 0.6 is 11.3 Å². The summed E-state index contributed by atoms with van der Waals surface area (Å²) in [4.78, 5) is 16.7. The van der Waals surface area contributed by atoms with Gasteiger partial charge in [-0.15, -0.1) is 0 Å². The number of hydrogen-bond acceptors (Lipinski definition) is 5. The maximum absolute atomic E-state index is 12.4. The van der Waals surface area contributed by atoms with E-state index in [0.29, 0.717) is 31.1 Å². The fraction of sp³-hybridized carbons (Fsp3) is 0.421. The molecule has 0 saturated carbocycles. The maximum atomic E-state index is 12.4. The fourth-order valence-corrected chi connectivity index (χ4v) is 4.72. The molecule has 1 N–H and O–H groups in total. The van der Waals surface area contributed by atoms with Crippen LogP contribution in [0, 0.1) is 0 Å². The molecule has 0 unspecified atom stereocenters. The molecule has 0 atom stereocenters. The molecule has 2 heterocycles. The fourth-order valence-electron chi connectivity index (χ4n) is 3.07. The third-order valence-corrected chi connectivity index (χ3v) is 6.95. The third-order valence-electron chi connectivity index (χ3n) is 4.79. The zero-order chi connectivity index (χ0) is 19.3. The van der Waals surface area contributed by atoms with Gasteiger partial charge in [0.25, 0.3) is 5.91 Å². The molecule has 1 aliphatic heterocycles. The van der Waals surface area contributed by atoms with Crippen molar-refractivity contribution in [3.63, 3.8) is 0 Å². The lowest BCUT2D eigenvalue weighted by molar-refractivity contribution is 0.0640. The lowest BCUT2D eigenvalue weighted by Crippen LogP contribution is -2.50. The number of aryl methyl sites for hydroxylation is 1. The second-order valence-electron chi connectivity index (χ2n) is 6.54. The van der Waals surface area contributed by atoms with Crippen LogP contribution in [0.4, 0.5) is 0 Å². The summed E-state index contributed by atoms with van der Waals surface area (Å²) in [6.45, 7) is 5.87. The predicted molar refractivity (Wildman–Crippen MR) is 108 cm³/mol. The maximum Gasteiger partial charge on any atom is 0.254 e. The lowest BCUT2D eigenvalue weighted by atomic mass is 10.2. The van der Waals surface area contributed by atoms with Gasteiger partial charge in [0.05, 0.1) is 10.5 Å². The molecule has 1 aromatic heterocycles. The Morgan fingerprint density at radius 2 is 1.81 bits per heavy atom. The highest BCUT2D eigenvalue weighted by Crippen LogP contribution is 2.13. The number of hydrogen-bond donors (Lipinski definition) is 1. The predicted octanol–water partition coefficient (Wildman–Crippen LogP) is 2.05. The molecule has 1 fully saturated rings. The van der Waals surface area contributed by atoms with Gasteiger partial charge in [-0.25, -0.2) is 13.1 Å². The van der Waals surface area contributed by atoms with Gasteiger partial charge in [0.1, 0.15) is 0 Å². The van der Waals surface area contributed by atoms with Gasteiger partial charge < -0.3 is 4.90 Å². The van der Waals surface area contributed by atoms with E-state index in [4.69, 9.17) is 0 Å². The van der Waals surface area contributed by atoms with Gasteiger partial charge in [-0.05, 0) is 35.6 Å². The van der Waals surface area contributed by atoms with Crippen molar-refractivity contribution in [2.24, 2.45) is 0 Å². The molecule has 0 radical (unpaired) electrons. The normalized spacial score (nSPS) is 15.8. The summed E-state index contributed by atoms with van der Waals surface area (Å²) >= 11 is 1.52. The topological polar surface area (TPSA) is 69.7 Å². The molecule has 27 heavy (non-hydrogen) atoms. The molecule has 0 spiro atoms. The molecule has 0 bridgehead atoms. The van der Waals surface area contributed by atoms with Gasteiger partial charge in [-0.3, -0.25) is 9.69 Å².